The van der Waals surface area contributed by atoms with E-state index in [1.807, 2.05) is 21.1 Å². The number of quaternary nitrogens is 1. The van der Waals surface area contributed by atoms with Gasteiger partial charge in [-0.3, -0.25) is 13.8 Å². The SMILES string of the molecule is CCCCC/C=C\C/C=C\CCCCCCCCCC(=O)NC(COP(=O)(O)OCC[N+](C)(C)C)C(O)CCCCCCCCCCCCCCCCCCCCCCCCCCCCCCCC. The zero-order valence-electron chi connectivity index (χ0n) is 46.8. The Morgan fingerprint density at radius 3 is 1.22 bits per heavy atom. The minimum atomic E-state index is -4.32. The summed E-state index contributed by atoms with van der Waals surface area (Å²) in [6, 6.07) is -0.764. The molecule has 3 N–H and O–H groups in total. The first-order valence-electron chi connectivity index (χ1n) is 30.2. The zero-order chi connectivity index (χ0) is 50.6. The van der Waals surface area contributed by atoms with Crippen molar-refractivity contribution in [2.24, 2.45) is 0 Å². The van der Waals surface area contributed by atoms with Gasteiger partial charge in [0.15, 0.2) is 0 Å². The summed E-state index contributed by atoms with van der Waals surface area (Å²) in [5, 5.41) is 14.1. The molecule has 0 aromatic heterocycles. The lowest BCUT2D eigenvalue weighted by Gasteiger charge is -2.26. The van der Waals surface area contributed by atoms with Gasteiger partial charge < -0.3 is 19.8 Å². The summed E-state index contributed by atoms with van der Waals surface area (Å²) in [5.41, 5.74) is 0. The number of allylic oxidation sites excluding steroid dienone is 4. The van der Waals surface area contributed by atoms with Crippen LogP contribution in [0.2, 0.25) is 0 Å². The molecular formula is C60H120N2O6P+. The van der Waals surface area contributed by atoms with Crippen LogP contribution in [0.15, 0.2) is 24.3 Å². The number of amides is 1. The molecular weight excluding hydrogens is 876 g/mol. The second-order valence-electron chi connectivity index (χ2n) is 22.1. The molecule has 9 heteroatoms. The number of carbonyl (C=O) groups is 1. The maximum absolute atomic E-state index is 13.0. The van der Waals surface area contributed by atoms with Gasteiger partial charge in [0.25, 0.3) is 0 Å². The first kappa shape index (κ1) is 68.0. The van der Waals surface area contributed by atoms with Gasteiger partial charge in [0.1, 0.15) is 13.2 Å². The molecule has 0 saturated carbocycles. The number of aliphatic hydroxyl groups is 1. The zero-order valence-corrected chi connectivity index (χ0v) is 47.7. The van der Waals surface area contributed by atoms with E-state index in [-0.39, 0.29) is 19.1 Å². The lowest BCUT2D eigenvalue weighted by atomic mass is 10.0. The van der Waals surface area contributed by atoms with Crippen LogP contribution >= 0.6 is 7.82 Å². The second kappa shape index (κ2) is 51.9. The maximum atomic E-state index is 13.0. The third kappa shape index (κ3) is 54.6. The van der Waals surface area contributed by atoms with E-state index in [9.17, 15) is 19.4 Å². The molecule has 0 aromatic carbocycles. The van der Waals surface area contributed by atoms with Crippen molar-refractivity contribution in [3.05, 3.63) is 24.3 Å². The maximum Gasteiger partial charge on any atom is 0.472 e. The van der Waals surface area contributed by atoms with E-state index in [2.05, 4.69) is 43.5 Å². The summed E-state index contributed by atoms with van der Waals surface area (Å²) < 4.78 is 23.8. The Balaban J connectivity index is 4.05. The number of hydrogen-bond donors (Lipinski definition) is 3. The Kier molecular flexibility index (Phi) is 51.1. The molecule has 3 unspecified atom stereocenters. The van der Waals surface area contributed by atoms with Crippen molar-refractivity contribution in [2.45, 2.75) is 315 Å². The van der Waals surface area contributed by atoms with E-state index in [1.165, 1.54) is 225 Å². The molecule has 0 aliphatic carbocycles. The van der Waals surface area contributed by atoms with Crippen LogP contribution in [0, 0.1) is 0 Å². The predicted molar refractivity (Wildman–Crippen MR) is 300 cm³/mol. The van der Waals surface area contributed by atoms with Crippen molar-refractivity contribution in [3.8, 4) is 0 Å². The van der Waals surface area contributed by atoms with E-state index in [4.69, 9.17) is 9.05 Å². The van der Waals surface area contributed by atoms with Crippen LogP contribution in [-0.4, -0.2) is 73.4 Å². The van der Waals surface area contributed by atoms with Crippen LogP contribution in [0.5, 0.6) is 0 Å². The molecule has 0 spiro atoms. The molecule has 0 aromatic rings. The van der Waals surface area contributed by atoms with Gasteiger partial charge in [-0.05, 0) is 44.9 Å². The van der Waals surface area contributed by atoms with Gasteiger partial charge in [-0.15, -0.1) is 0 Å². The molecule has 0 saturated heterocycles. The number of carbonyl (C=O) groups excluding carboxylic acids is 1. The van der Waals surface area contributed by atoms with E-state index in [0.717, 1.165) is 51.4 Å². The Morgan fingerprint density at radius 1 is 0.493 bits per heavy atom. The summed E-state index contributed by atoms with van der Waals surface area (Å²) in [4.78, 5) is 23.3. The van der Waals surface area contributed by atoms with Crippen LogP contribution in [0.1, 0.15) is 303 Å². The third-order valence-electron chi connectivity index (χ3n) is 14.0. The van der Waals surface area contributed by atoms with E-state index >= 15 is 0 Å². The monoisotopic (exact) mass is 996 g/mol. The van der Waals surface area contributed by atoms with Gasteiger partial charge in [0.05, 0.1) is 39.9 Å². The predicted octanol–water partition coefficient (Wildman–Crippen LogP) is 18.4. The molecule has 1 amide bonds. The Bertz CT molecular complexity index is 1170. The highest BCUT2D eigenvalue weighted by Crippen LogP contribution is 2.43. The Hall–Kier alpha value is -1.02. The largest absolute Gasteiger partial charge is 0.472 e. The topological polar surface area (TPSA) is 105 Å². The van der Waals surface area contributed by atoms with Crippen LogP contribution in [0.3, 0.4) is 0 Å². The molecule has 410 valence electrons. The molecule has 0 fully saturated rings. The molecule has 0 radical (unpaired) electrons. The van der Waals surface area contributed by atoms with Crippen molar-refractivity contribution in [1.82, 2.24) is 5.32 Å². The Labute approximate surface area is 430 Å². The van der Waals surface area contributed by atoms with E-state index in [1.54, 1.807) is 0 Å². The van der Waals surface area contributed by atoms with Crippen molar-refractivity contribution in [3.63, 3.8) is 0 Å². The van der Waals surface area contributed by atoms with Crippen LogP contribution in [0.25, 0.3) is 0 Å². The summed E-state index contributed by atoms with van der Waals surface area (Å²) in [6.45, 7) is 4.90. The normalized spacial score (nSPS) is 14.0. The van der Waals surface area contributed by atoms with Crippen molar-refractivity contribution in [1.29, 1.82) is 0 Å². The number of hydrogen-bond acceptors (Lipinski definition) is 5. The molecule has 8 nitrogen and oxygen atoms in total. The van der Waals surface area contributed by atoms with Crippen LogP contribution in [-0.2, 0) is 18.4 Å². The van der Waals surface area contributed by atoms with Gasteiger partial charge in [0, 0.05) is 6.42 Å². The van der Waals surface area contributed by atoms with E-state index < -0.39 is 20.0 Å². The standard InChI is InChI=1S/C60H119N2O6P/c1-6-8-10-12-14-16-18-20-22-24-25-26-27-28-29-30-31-32-33-34-35-36-38-39-41-43-45-47-49-51-53-59(63)58(57-68-69(65,66)67-56-55-62(3,4)5)61-60(64)54-52-50-48-46-44-42-40-37-23-21-19-17-15-13-11-9-7-2/h15,17,21,23,58-59,63H,6-14,16,18-20,22,24-57H2,1-5H3,(H-,61,64,65,66)/p+1/b17-15-,23-21-. The average Bonchev–Trinajstić information content (AvgIpc) is 3.31. The number of unbranched alkanes of at least 4 members (excludes halogenated alkanes) is 39. The highest BCUT2D eigenvalue weighted by molar-refractivity contribution is 7.47. The van der Waals surface area contributed by atoms with Gasteiger partial charge in [-0.1, -0.05) is 276 Å². The molecule has 0 heterocycles. The van der Waals surface area contributed by atoms with Crippen LogP contribution < -0.4 is 5.32 Å². The average molecular weight is 997 g/mol. The molecule has 3 atom stereocenters. The highest BCUT2D eigenvalue weighted by atomic mass is 31.2. The number of phosphoric ester groups is 1. The van der Waals surface area contributed by atoms with Gasteiger partial charge >= 0.3 is 7.82 Å². The van der Waals surface area contributed by atoms with E-state index in [0.29, 0.717) is 23.9 Å². The molecule has 69 heavy (non-hydrogen) atoms. The number of phosphoric acid groups is 1. The second-order valence-corrected chi connectivity index (χ2v) is 23.5. The summed E-state index contributed by atoms with van der Waals surface area (Å²) in [7, 11) is 1.62. The summed E-state index contributed by atoms with van der Waals surface area (Å²) in [6.07, 6.45) is 65.3. The fourth-order valence-corrected chi connectivity index (χ4v) is 9.93. The van der Waals surface area contributed by atoms with Crippen molar-refractivity contribution in [2.75, 3.05) is 40.9 Å². The highest BCUT2D eigenvalue weighted by Gasteiger charge is 2.28. The number of likely N-dealkylation sites (N-methyl/N-ethyl adjacent to an activating group) is 1. The number of aliphatic hydroxyl groups excluding tert-OH is 1. The lowest BCUT2D eigenvalue weighted by Crippen LogP contribution is -2.46. The lowest BCUT2D eigenvalue weighted by molar-refractivity contribution is -0.870. The minimum absolute atomic E-state index is 0.0741. The molecule has 0 aliphatic heterocycles. The molecule has 0 aliphatic rings. The van der Waals surface area contributed by atoms with Crippen molar-refractivity contribution < 1.29 is 32.9 Å². The van der Waals surface area contributed by atoms with Gasteiger partial charge in [0.2, 0.25) is 5.91 Å². The first-order valence-corrected chi connectivity index (χ1v) is 31.7. The Morgan fingerprint density at radius 2 is 0.826 bits per heavy atom. The fraction of sp³-hybridized carbons (Fsp3) is 0.917. The third-order valence-corrected chi connectivity index (χ3v) is 14.9. The van der Waals surface area contributed by atoms with Gasteiger partial charge in [-0.25, -0.2) is 4.57 Å². The van der Waals surface area contributed by atoms with Gasteiger partial charge in [-0.2, -0.15) is 0 Å². The summed E-state index contributed by atoms with van der Waals surface area (Å²) >= 11 is 0. The van der Waals surface area contributed by atoms with Crippen molar-refractivity contribution >= 4 is 13.7 Å². The minimum Gasteiger partial charge on any atom is -0.391 e. The number of nitrogens with zero attached hydrogens (tertiary/aromatic N) is 1. The number of nitrogens with one attached hydrogen (secondary N) is 1. The smallest absolute Gasteiger partial charge is 0.391 e. The fourth-order valence-electron chi connectivity index (χ4n) is 9.20. The number of rotatable bonds is 56. The summed E-state index contributed by atoms with van der Waals surface area (Å²) in [5.74, 6) is -0.148. The van der Waals surface area contributed by atoms with Crippen LogP contribution in [0.4, 0.5) is 0 Å². The molecule has 0 bridgehead atoms. The first-order chi connectivity index (χ1) is 33.5. The molecule has 0 rings (SSSR count). The quantitative estimate of drug-likeness (QED) is 0.0243.